The molecule has 3 aromatic heterocycles. The lowest BCUT2D eigenvalue weighted by Gasteiger charge is -2.11. The van der Waals surface area contributed by atoms with Gasteiger partial charge in [0.1, 0.15) is 34.8 Å². The Bertz CT molecular complexity index is 1060. The highest BCUT2D eigenvalue weighted by Crippen LogP contribution is 2.31. The lowest BCUT2D eigenvalue weighted by molar-refractivity contribution is -0.153. The van der Waals surface area contributed by atoms with E-state index in [0.717, 1.165) is 24.7 Å². The minimum absolute atomic E-state index is 0.0552. The van der Waals surface area contributed by atoms with Crippen molar-refractivity contribution in [3.05, 3.63) is 36.5 Å². The smallest absolute Gasteiger partial charge is 0.433 e. The number of ether oxygens (including phenoxy) is 1. The molecule has 29 heavy (non-hydrogen) atoms. The van der Waals surface area contributed by atoms with Crippen LogP contribution in [0.25, 0.3) is 17.0 Å². The van der Waals surface area contributed by atoms with Gasteiger partial charge in [-0.3, -0.25) is 8.61 Å². The quantitative estimate of drug-likeness (QED) is 0.566. The number of rotatable bonds is 5. The number of hydrogen-bond acceptors (Lipinski definition) is 5. The summed E-state index contributed by atoms with van der Waals surface area (Å²) in [7, 11) is -1.65. The third-order valence-electron chi connectivity index (χ3n) is 3.62. The van der Waals surface area contributed by atoms with Crippen molar-refractivity contribution in [1.29, 1.82) is 0 Å². The number of halogens is 6. The fraction of sp³-hybridized carbons (Fsp3) is 0.312. The van der Waals surface area contributed by atoms with E-state index in [1.807, 2.05) is 0 Å². The van der Waals surface area contributed by atoms with Crippen molar-refractivity contribution in [2.24, 2.45) is 0 Å². The van der Waals surface area contributed by atoms with Gasteiger partial charge in [-0.05, 0) is 0 Å². The zero-order valence-electron chi connectivity index (χ0n) is 14.6. The molecule has 0 fully saturated rings. The molecule has 6 nitrogen and oxygen atoms in total. The van der Waals surface area contributed by atoms with Crippen LogP contribution in [0.5, 0.6) is 5.75 Å². The van der Waals surface area contributed by atoms with Gasteiger partial charge < -0.3 is 4.74 Å². The highest BCUT2D eigenvalue weighted by molar-refractivity contribution is 7.85. The van der Waals surface area contributed by atoms with Crippen LogP contribution in [0, 0.1) is 0 Å². The van der Waals surface area contributed by atoms with Gasteiger partial charge in [0.15, 0.2) is 6.61 Å². The summed E-state index contributed by atoms with van der Waals surface area (Å²) < 4.78 is 93.7. The Morgan fingerprint density at radius 1 is 1.14 bits per heavy atom. The fourth-order valence-electron chi connectivity index (χ4n) is 2.35. The molecule has 1 atom stereocenters. The van der Waals surface area contributed by atoms with Crippen LogP contribution < -0.4 is 4.74 Å². The van der Waals surface area contributed by atoms with Gasteiger partial charge in [0, 0.05) is 24.1 Å². The summed E-state index contributed by atoms with van der Waals surface area (Å²) in [6, 6.07) is 1.89. The highest BCUT2D eigenvalue weighted by Gasteiger charge is 2.33. The second kappa shape index (κ2) is 7.61. The van der Waals surface area contributed by atoms with E-state index in [4.69, 9.17) is 0 Å². The van der Waals surface area contributed by atoms with E-state index in [2.05, 4.69) is 19.7 Å². The number of pyridine rings is 1. The van der Waals surface area contributed by atoms with E-state index in [0.29, 0.717) is 0 Å². The first-order chi connectivity index (χ1) is 13.5. The molecule has 0 radical (unpaired) electrons. The summed E-state index contributed by atoms with van der Waals surface area (Å²) in [6.45, 7) is 0.0405. The van der Waals surface area contributed by atoms with Crippen molar-refractivity contribution in [2.75, 3.05) is 12.4 Å². The molecule has 0 spiro atoms. The van der Waals surface area contributed by atoms with E-state index in [1.165, 1.54) is 10.6 Å². The minimum atomic E-state index is -4.65. The van der Waals surface area contributed by atoms with Crippen LogP contribution in [0.15, 0.2) is 35.7 Å². The summed E-state index contributed by atoms with van der Waals surface area (Å²) in [5.41, 5.74) is -1.06. The zero-order chi connectivity index (χ0) is 21.4. The summed E-state index contributed by atoms with van der Waals surface area (Å²) in [4.78, 5) is 11.4. The third-order valence-corrected chi connectivity index (χ3v) is 4.94. The molecule has 0 aliphatic carbocycles. The largest absolute Gasteiger partial charge is 0.482 e. The van der Waals surface area contributed by atoms with Gasteiger partial charge in [0.2, 0.25) is 0 Å². The highest BCUT2D eigenvalue weighted by atomic mass is 32.2. The molecule has 0 aliphatic rings. The van der Waals surface area contributed by atoms with Gasteiger partial charge in [-0.1, -0.05) is 6.92 Å². The monoisotopic (exact) mass is 438 g/mol. The molecule has 1 unspecified atom stereocenters. The second-order valence-electron chi connectivity index (χ2n) is 5.72. The Morgan fingerprint density at radius 2 is 1.86 bits per heavy atom. The summed E-state index contributed by atoms with van der Waals surface area (Å²) in [5.74, 6) is -0.113. The predicted molar refractivity (Wildman–Crippen MR) is 89.7 cm³/mol. The Kier molecular flexibility index (Phi) is 5.52. The predicted octanol–water partition coefficient (Wildman–Crippen LogP) is 3.88. The van der Waals surface area contributed by atoms with Crippen molar-refractivity contribution in [1.82, 2.24) is 19.4 Å². The average molecular weight is 438 g/mol. The normalized spacial score (nSPS) is 13.6. The first kappa shape index (κ1) is 21.0. The lowest BCUT2D eigenvalue weighted by atomic mass is 10.3. The maximum atomic E-state index is 12.8. The van der Waals surface area contributed by atoms with Crippen LogP contribution in [0.4, 0.5) is 26.3 Å². The van der Waals surface area contributed by atoms with E-state index < -0.39 is 35.5 Å². The summed E-state index contributed by atoms with van der Waals surface area (Å²) >= 11 is 0. The second-order valence-corrected chi connectivity index (χ2v) is 7.43. The molecule has 0 saturated heterocycles. The number of aromatic nitrogens is 4. The van der Waals surface area contributed by atoms with E-state index in [-0.39, 0.29) is 33.4 Å². The van der Waals surface area contributed by atoms with Gasteiger partial charge in [-0.15, -0.1) is 0 Å². The van der Waals surface area contributed by atoms with Crippen molar-refractivity contribution in [3.63, 3.8) is 0 Å². The Balaban J connectivity index is 2.03. The molecule has 0 N–H and O–H groups in total. The third kappa shape index (κ3) is 4.83. The Hall–Kier alpha value is -2.70. The number of alkyl halides is 6. The van der Waals surface area contributed by atoms with Crippen molar-refractivity contribution in [2.45, 2.75) is 24.2 Å². The van der Waals surface area contributed by atoms with Crippen LogP contribution in [0.2, 0.25) is 0 Å². The van der Waals surface area contributed by atoms with E-state index in [1.54, 1.807) is 6.92 Å². The topological polar surface area (TPSA) is 69.4 Å². The van der Waals surface area contributed by atoms with Crippen LogP contribution in [0.1, 0.15) is 12.6 Å². The maximum Gasteiger partial charge on any atom is 0.433 e. The molecule has 0 bridgehead atoms. The fourth-order valence-corrected chi connectivity index (χ4v) is 3.28. The molecule has 3 heterocycles. The molecule has 0 amide bonds. The Morgan fingerprint density at radius 3 is 2.48 bits per heavy atom. The Labute approximate surface area is 162 Å². The van der Waals surface area contributed by atoms with Crippen LogP contribution in [-0.2, 0) is 17.0 Å². The van der Waals surface area contributed by atoms with Gasteiger partial charge in [0.25, 0.3) is 0 Å². The molecular formula is C16H12F6N4O2S. The van der Waals surface area contributed by atoms with Crippen LogP contribution in [0.3, 0.4) is 0 Å². The molecule has 13 heteroatoms. The zero-order valence-corrected chi connectivity index (χ0v) is 15.4. The minimum Gasteiger partial charge on any atom is -0.482 e. The van der Waals surface area contributed by atoms with Gasteiger partial charge in [0.05, 0.1) is 21.9 Å². The van der Waals surface area contributed by atoms with Gasteiger partial charge in [-0.25, -0.2) is 15.0 Å². The summed E-state index contributed by atoms with van der Waals surface area (Å²) in [6.07, 6.45) is -5.96. The molecule has 3 aromatic rings. The van der Waals surface area contributed by atoms with Gasteiger partial charge in [-0.2, -0.15) is 26.3 Å². The first-order valence-corrected chi connectivity index (χ1v) is 9.30. The molecular weight excluding hydrogens is 426 g/mol. The number of hydrogen-bond donors (Lipinski definition) is 0. The number of nitrogens with zero attached hydrogens (tertiary/aromatic N) is 4. The van der Waals surface area contributed by atoms with E-state index >= 15 is 0 Å². The average Bonchev–Trinajstić information content (AvgIpc) is 3.07. The maximum absolute atomic E-state index is 12.8. The molecule has 0 saturated carbocycles. The lowest BCUT2D eigenvalue weighted by Crippen LogP contribution is -2.19. The van der Waals surface area contributed by atoms with Crippen LogP contribution in [-0.4, -0.2) is 42.1 Å². The SMILES string of the molecule is CCS(=O)c1cc(OCC(F)(F)F)cnc1-c1cn2cnc(C(F)(F)F)cc2n1. The molecule has 3 rings (SSSR count). The van der Waals surface area contributed by atoms with Crippen molar-refractivity contribution in [3.8, 4) is 17.1 Å². The van der Waals surface area contributed by atoms with Crippen molar-refractivity contribution >= 4 is 16.4 Å². The first-order valence-electron chi connectivity index (χ1n) is 7.98. The van der Waals surface area contributed by atoms with Crippen molar-refractivity contribution < 1.29 is 35.3 Å². The number of fused-ring (bicyclic) bond motifs is 1. The number of imidazole rings is 1. The molecule has 0 aromatic carbocycles. The summed E-state index contributed by atoms with van der Waals surface area (Å²) in [5, 5.41) is 0. The van der Waals surface area contributed by atoms with Crippen LogP contribution >= 0.6 is 0 Å². The van der Waals surface area contributed by atoms with Gasteiger partial charge >= 0.3 is 12.4 Å². The molecule has 0 aliphatic heterocycles. The van der Waals surface area contributed by atoms with E-state index in [9.17, 15) is 30.6 Å². The standard InChI is InChI=1S/C16H12F6N4O2S/c1-2-29(27)11-3-9(28-7-15(17,18)19)5-23-14(11)10-6-26-8-24-12(16(20,21)22)4-13(26)25-10/h3-6,8H,2,7H2,1H3. The molecule has 156 valence electrons.